The predicted molar refractivity (Wildman–Crippen MR) is 68.3 cm³/mol. The summed E-state index contributed by atoms with van der Waals surface area (Å²) in [4.78, 5) is 4.14. The van der Waals surface area contributed by atoms with Crippen LogP contribution in [0.1, 0.15) is 16.7 Å². The van der Waals surface area contributed by atoms with Gasteiger partial charge in [0.25, 0.3) is 0 Å². The smallest absolute Gasteiger partial charge is 0.0506 e. The van der Waals surface area contributed by atoms with Crippen LogP contribution in [0, 0.1) is 20.8 Å². The minimum atomic E-state index is 0.705. The minimum absolute atomic E-state index is 0.705. The van der Waals surface area contributed by atoms with E-state index in [9.17, 15) is 0 Å². The number of hydrogen-bond acceptors (Lipinski definition) is 2. The van der Waals surface area contributed by atoms with Gasteiger partial charge in [-0.3, -0.25) is 4.98 Å². The van der Waals surface area contributed by atoms with Crippen LogP contribution in [0.2, 0.25) is 0 Å². The van der Waals surface area contributed by atoms with Gasteiger partial charge in [-0.2, -0.15) is 0 Å². The van der Waals surface area contributed by atoms with Gasteiger partial charge < -0.3 is 5.73 Å². The largest absolute Gasteiger partial charge is 0.397 e. The Morgan fingerprint density at radius 1 is 0.938 bits per heavy atom. The molecule has 0 amide bonds. The molecular formula is C14H16N2. The number of pyridine rings is 1. The molecular weight excluding hydrogens is 196 g/mol. The van der Waals surface area contributed by atoms with Crippen LogP contribution in [0.25, 0.3) is 11.1 Å². The summed E-state index contributed by atoms with van der Waals surface area (Å²) in [7, 11) is 0. The lowest BCUT2D eigenvalue weighted by molar-refractivity contribution is 1.29. The summed E-state index contributed by atoms with van der Waals surface area (Å²) in [5, 5.41) is 0. The maximum Gasteiger partial charge on any atom is 0.0506 e. The third kappa shape index (κ3) is 1.91. The van der Waals surface area contributed by atoms with Crippen LogP contribution in [0.5, 0.6) is 0 Å². The van der Waals surface area contributed by atoms with Crippen molar-refractivity contribution in [2.45, 2.75) is 20.8 Å². The average Bonchev–Trinajstić information content (AvgIpc) is 2.15. The third-order valence-corrected chi connectivity index (χ3v) is 2.73. The first-order valence-electron chi connectivity index (χ1n) is 5.36. The second-order valence-corrected chi connectivity index (χ2v) is 4.28. The predicted octanol–water partition coefficient (Wildman–Crippen LogP) is 3.26. The molecule has 0 spiro atoms. The van der Waals surface area contributed by atoms with Crippen LogP contribution in [0.3, 0.4) is 0 Å². The fraction of sp³-hybridized carbons (Fsp3) is 0.214. The number of nitrogen functional groups attached to an aromatic ring is 1. The van der Waals surface area contributed by atoms with Crippen LogP contribution in [-0.4, -0.2) is 4.98 Å². The number of rotatable bonds is 1. The van der Waals surface area contributed by atoms with Crippen molar-refractivity contribution in [1.29, 1.82) is 0 Å². The molecule has 2 rings (SSSR count). The Bertz CT molecular complexity index is 507. The number of hydrogen-bond donors (Lipinski definition) is 1. The van der Waals surface area contributed by atoms with Crippen molar-refractivity contribution < 1.29 is 0 Å². The Labute approximate surface area is 96.1 Å². The molecule has 0 aliphatic rings. The molecule has 2 heteroatoms. The van der Waals surface area contributed by atoms with Gasteiger partial charge in [-0.15, -0.1) is 0 Å². The van der Waals surface area contributed by atoms with E-state index in [0.29, 0.717) is 5.69 Å². The SMILES string of the molecule is Cc1cc(C)c(-c2cncc(N)c2)c(C)c1. The van der Waals surface area contributed by atoms with Crippen LogP contribution in [-0.2, 0) is 0 Å². The Morgan fingerprint density at radius 3 is 2.12 bits per heavy atom. The first-order chi connectivity index (χ1) is 7.58. The lowest BCUT2D eigenvalue weighted by Crippen LogP contribution is -1.93. The number of benzene rings is 1. The quantitative estimate of drug-likeness (QED) is 0.788. The summed E-state index contributed by atoms with van der Waals surface area (Å²) in [6.07, 6.45) is 3.53. The highest BCUT2D eigenvalue weighted by Crippen LogP contribution is 2.28. The van der Waals surface area contributed by atoms with E-state index in [-0.39, 0.29) is 0 Å². The standard InChI is InChI=1S/C14H16N2/c1-9-4-10(2)14(11(3)5-9)12-6-13(15)8-16-7-12/h4-8H,15H2,1-3H3. The van der Waals surface area contributed by atoms with Crippen molar-refractivity contribution >= 4 is 5.69 Å². The zero-order valence-corrected chi connectivity index (χ0v) is 9.91. The Morgan fingerprint density at radius 2 is 1.56 bits per heavy atom. The van der Waals surface area contributed by atoms with Crippen molar-refractivity contribution in [2.24, 2.45) is 0 Å². The molecule has 1 aromatic carbocycles. The Balaban J connectivity index is 2.64. The molecule has 0 aliphatic heterocycles. The topological polar surface area (TPSA) is 38.9 Å². The molecule has 1 heterocycles. The molecule has 0 atom stereocenters. The molecule has 2 N–H and O–H groups in total. The first-order valence-corrected chi connectivity index (χ1v) is 5.36. The van der Waals surface area contributed by atoms with Crippen LogP contribution in [0.4, 0.5) is 5.69 Å². The normalized spacial score (nSPS) is 10.4. The molecule has 2 nitrogen and oxygen atoms in total. The summed E-state index contributed by atoms with van der Waals surface area (Å²) >= 11 is 0. The van der Waals surface area contributed by atoms with Crippen molar-refractivity contribution in [2.75, 3.05) is 5.73 Å². The van der Waals surface area contributed by atoms with Gasteiger partial charge in [0.2, 0.25) is 0 Å². The number of anilines is 1. The van der Waals surface area contributed by atoms with E-state index in [0.717, 1.165) is 5.56 Å². The zero-order valence-electron chi connectivity index (χ0n) is 9.91. The van der Waals surface area contributed by atoms with Crippen molar-refractivity contribution in [1.82, 2.24) is 4.98 Å². The van der Waals surface area contributed by atoms with E-state index < -0.39 is 0 Å². The van der Waals surface area contributed by atoms with E-state index in [4.69, 9.17) is 5.73 Å². The highest BCUT2D eigenvalue weighted by atomic mass is 14.7. The van der Waals surface area contributed by atoms with Gasteiger partial charge in [-0.1, -0.05) is 17.7 Å². The van der Waals surface area contributed by atoms with E-state index in [2.05, 4.69) is 37.9 Å². The summed E-state index contributed by atoms with van der Waals surface area (Å²) in [5.74, 6) is 0. The van der Waals surface area contributed by atoms with Gasteiger partial charge in [0.15, 0.2) is 0 Å². The lowest BCUT2D eigenvalue weighted by atomic mass is 9.95. The molecule has 0 radical (unpaired) electrons. The maximum absolute atomic E-state index is 5.76. The molecule has 16 heavy (non-hydrogen) atoms. The molecule has 0 unspecified atom stereocenters. The molecule has 0 fully saturated rings. The van der Waals surface area contributed by atoms with Crippen LogP contribution in [0.15, 0.2) is 30.6 Å². The summed E-state index contributed by atoms with van der Waals surface area (Å²) in [6.45, 7) is 6.36. The van der Waals surface area contributed by atoms with Gasteiger partial charge in [0, 0.05) is 18.0 Å². The molecule has 82 valence electrons. The number of nitrogens with zero attached hydrogens (tertiary/aromatic N) is 1. The van der Waals surface area contributed by atoms with Crippen molar-refractivity contribution in [3.05, 3.63) is 47.3 Å². The monoisotopic (exact) mass is 212 g/mol. The molecule has 0 saturated carbocycles. The number of aromatic nitrogens is 1. The van der Waals surface area contributed by atoms with E-state index in [1.165, 1.54) is 22.3 Å². The van der Waals surface area contributed by atoms with Gasteiger partial charge in [-0.05, 0) is 43.5 Å². The zero-order chi connectivity index (χ0) is 11.7. The summed E-state index contributed by atoms with van der Waals surface area (Å²) in [6, 6.07) is 6.34. The fourth-order valence-corrected chi connectivity index (χ4v) is 2.23. The molecule has 0 aliphatic carbocycles. The van der Waals surface area contributed by atoms with E-state index in [1.54, 1.807) is 6.20 Å². The van der Waals surface area contributed by atoms with Crippen LogP contribution < -0.4 is 5.73 Å². The highest BCUT2D eigenvalue weighted by molar-refractivity contribution is 5.72. The van der Waals surface area contributed by atoms with Gasteiger partial charge in [0.05, 0.1) is 5.69 Å². The Kier molecular flexibility index (Phi) is 2.65. The highest BCUT2D eigenvalue weighted by Gasteiger charge is 2.06. The van der Waals surface area contributed by atoms with E-state index >= 15 is 0 Å². The second kappa shape index (κ2) is 3.97. The molecule has 2 aromatic rings. The maximum atomic E-state index is 5.76. The third-order valence-electron chi connectivity index (χ3n) is 2.73. The lowest BCUT2D eigenvalue weighted by Gasteiger charge is -2.11. The van der Waals surface area contributed by atoms with Crippen molar-refractivity contribution in [3.63, 3.8) is 0 Å². The second-order valence-electron chi connectivity index (χ2n) is 4.28. The minimum Gasteiger partial charge on any atom is -0.397 e. The van der Waals surface area contributed by atoms with Gasteiger partial charge in [0.1, 0.15) is 0 Å². The molecule has 0 saturated heterocycles. The first kappa shape index (κ1) is 10.7. The fourth-order valence-electron chi connectivity index (χ4n) is 2.23. The van der Waals surface area contributed by atoms with Crippen LogP contribution >= 0.6 is 0 Å². The summed E-state index contributed by atoms with van der Waals surface area (Å²) in [5.41, 5.74) is 12.6. The van der Waals surface area contributed by atoms with E-state index in [1.807, 2.05) is 12.3 Å². The van der Waals surface area contributed by atoms with Gasteiger partial charge in [-0.25, -0.2) is 0 Å². The van der Waals surface area contributed by atoms with Gasteiger partial charge >= 0.3 is 0 Å². The Hall–Kier alpha value is -1.83. The molecule has 0 bridgehead atoms. The average molecular weight is 212 g/mol. The van der Waals surface area contributed by atoms with Crippen molar-refractivity contribution in [3.8, 4) is 11.1 Å². The molecule has 1 aromatic heterocycles. The summed E-state index contributed by atoms with van der Waals surface area (Å²) < 4.78 is 0. The number of aryl methyl sites for hydroxylation is 3. The number of nitrogens with two attached hydrogens (primary N) is 1.